The Labute approximate surface area is 135 Å². The van der Waals surface area contributed by atoms with E-state index in [0.29, 0.717) is 6.04 Å². The fourth-order valence-electron chi connectivity index (χ4n) is 2.54. The molecule has 1 N–H and O–H groups in total. The van der Waals surface area contributed by atoms with E-state index in [-0.39, 0.29) is 0 Å². The van der Waals surface area contributed by atoms with Crippen LogP contribution in [0.2, 0.25) is 0 Å². The van der Waals surface area contributed by atoms with Gasteiger partial charge in [-0.3, -0.25) is 0 Å². The summed E-state index contributed by atoms with van der Waals surface area (Å²) >= 11 is 3.54. The normalized spacial score (nSPS) is 12.1. The molecule has 0 aliphatic rings. The van der Waals surface area contributed by atoms with E-state index in [2.05, 4.69) is 63.7 Å². The minimum Gasteiger partial charge on any atom is -0.496 e. The first kappa shape index (κ1) is 16.1. The van der Waals surface area contributed by atoms with Crippen LogP contribution >= 0.6 is 15.9 Å². The molecule has 3 heteroatoms. The highest BCUT2D eigenvalue weighted by Crippen LogP contribution is 2.27. The molecule has 2 aromatic carbocycles. The molecule has 0 amide bonds. The summed E-state index contributed by atoms with van der Waals surface area (Å²) in [5, 5.41) is 3.40. The fourth-order valence-corrected chi connectivity index (χ4v) is 3.13. The van der Waals surface area contributed by atoms with Gasteiger partial charge >= 0.3 is 0 Å². The van der Waals surface area contributed by atoms with Gasteiger partial charge in [-0.05, 0) is 65.5 Å². The van der Waals surface area contributed by atoms with Crippen LogP contribution < -0.4 is 10.1 Å². The Morgan fingerprint density at radius 1 is 1.14 bits per heavy atom. The van der Waals surface area contributed by atoms with Crippen molar-refractivity contribution < 1.29 is 4.74 Å². The minimum absolute atomic E-state index is 0.424. The maximum atomic E-state index is 5.26. The van der Waals surface area contributed by atoms with Gasteiger partial charge in [-0.25, -0.2) is 0 Å². The summed E-state index contributed by atoms with van der Waals surface area (Å²) < 4.78 is 6.28. The summed E-state index contributed by atoms with van der Waals surface area (Å²) in [6.45, 7) is 0. The van der Waals surface area contributed by atoms with E-state index in [1.807, 2.05) is 13.1 Å². The molecule has 0 aliphatic carbocycles. The molecular weight excluding hydrogens is 326 g/mol. The molecule has 0 saturated heterocycles. The van der Waals surface area contributed by atoms with E-state index in [4.69, 9.17) is 4.74 Å². The van der Waals surface area contributed by atoms with Crippen molar-refractivity contribution >= 4 is 15.9 Å². The van der Waals surface area contributed by atoms with Crippen LogP contribution in [0.4, 0.5) is 0 Å². The van der Waals surface area contributed by atoms with Crippen LogP contribution in [0.3, 0.4) is 0 Å². The second-order valence-electron chi connectivity index (χ2n) is 5.11. The van der Waals surface area contributed by atoms with Crippen molar-refractivity contribution in [2.24, 2.45) is 0 Å². The number of hydrogen-bond donors (Lipinski definition) is 1. The first-order valence-corrected chi connectivity index (χ1v) is 8.08. The van der Waals surface area contributed by atoms with E-state index in [1.54, 1.807) is 7.11 Å². The Morgan fingerprint density at radius 3 is 2.52 bits per heavy atom. The van der Waals surface area contributed by atoms with Crippen molar-refractivity contribution in [1.82, 2.24) is 5.32 Å². The average Bonchev–Trinajstić information content (AvgIpc) is 2.52. The van der Waals surface area contributed by atoms with E-state index < -0.39 is 0 Å². The molecule has 0 saturated carbocycles. The van der Waals surface area contributed by atoms with Gasteiger partial charge in [0.2, 0.25) is 0 Å². The molecule has 112 valence electrons. The van der Waals surface area contributed by atoms with E-state index in [0.717, 1.165) is 29.5 Å². The van der Waals surface area contributed by atoms with Crippen LogP contribution in [-0.4, -0.2) is 14.2 Å². The van der Waals surface area contributed by atoms with Gasteiger partial charge in [0.1, 0.15) is 5.75 Å². The largest absolute Gasteiger partial charge is 0.496 e. The Hall–Kier alpha value is -1.32. The Balaban J connectivity index is 1.90. The highest BCUT2D eigenvalue weighted by molar-refractivity contribution is 9.10. The van der Waals surface area contributed by atoms with Crippen molar-refractivity contribution in [2.45, 2.75) is 25.3 Å². The van der Waals surface area contributed by atoms with Crippen LogP contribution in [0, 0.1) is 0 Å². The summed E-state index contributed by atoms with van der Waals surface area (Å²) in [6, 6.07) is 17.4. The van der Waals surface area contributed by atoms with Gasteiger partial charge in [-0.2, -0.15) is 0 Å². The molecule has 2 nitrogen and oxygen atoms in total. The van der Waals surface area contributed by atoms with Crippen molar-refractivity contribution in [3.63, 3.8) is 0 Å². The highest BCUT2D eigenvalue weighted by Gasteiger charge is 2.08. The van der Waals surface area contributed by atoms with Gasteiger partial charge in [0.05, 0.1) is 11.6 Å². The van der Waals surface area contributed by atoms with E-state index >= 15 is 0 Å². The first-order valence-electron chi connectivity index (χ1n) is 7.29. The predicted molar refractivity (Wildman–Crippen MR) is 91.9 cm³/mol. The minimum atomic E-state index is 0.424. The van der Waals surface area contributed by atoms with Crippen LogP contribution in [0.1, 0.15) is 30.0 Å². The number of ether oxygens (including phenoxy) is 1. The van der Waals surface area contributed by atoms with E-state index in [1.165, 1.54) is 11.1 Å². The molecule has 0 spiro atoms. The molecule has 0 fully saturated rings. The lowest BCUT2D eigenvalue weighted by Crippen LogP contribution is -2.16. The molecule has 1 unspecified atom stereocenters. The molecule has 0 aliphatic heterocycles. The fraction of sp³-hybridized carbons (Fsp3) is 0.333. The molecule has 0 heterocycles. The number of nitrogens with one attached hydrogen (secondary N) is 1. The summed E-state index contributed by atoms with van der Waals surface area (Å²) in [5.74, 6) is 0.885. The number of benzene rings is 2. The summed E-state index contributed by atoms with van der Waals surface area (Å²) in [7, 11) is 3.72. The van der Waals surface area contributed by atoms with Crippen LogP contribution in [0.25, 0.3) is 0 Å². The Kier molecular flexibility index (Phi) is 6.27. The van der Waals surface area contributed by atoms with Gasteiger partial charge in [-0.1, -0.05) is 36.4 Å². The first-order chi connectivity index (χ1) is 10.2. The molecule has 21 heavy (non-hydrogen) atoms. The molecule has 0 aromatic heterocycles. The third-order valence-corrected chi connectivity index (χ3v) is 4.34. The molecule has 1 atom stereocenters. The highest BCUT2D eigenvalue weighted by atomic mass is 79.9. The van der Waals surface area contributed by atoms with Crippen molar-refractivity contribution in [2.75, 3.05) is 14.2 Å². The van der Waals surface area contributed by atoms with Crippen molar-refractivity contribution in [3.8, 4) is 5.75 Å². The average molecular weight is 348 g/mol. The summed E-state index contributed by atoms with van der Waals surface area (Å²) in [4.78, 5) is 0. The van der Waals surface area contributed by atoms with Gasteiger partial charge in [0.25, 0.3) is 0 Å². The van der Waals surface area contributed by atoms with Gasteiger partial charge in [-0.15, -0.1) is 0 Å². The summed E-state index contributed by atoms with van der Waals surface area (Å²) in [5.41, 5.74) is 2.70. The quantitative estimate of drug-likeness (QED) is 0.780. The number of hydrogen-bond acceptors (Lipinski definition) is 2. The number of aryl methyl sites for hydroxylation is 1. The summed E-state index contributed by atoms with van der Waals surface area (Å²) in [6.07, 6.45) is 3.36. The second kappa shape index (κ2) is 8.20. The molecule has 2 rings (SSSR count). The lowest BCUT2D eigenvalue weighted by atomic mass is 9.99. The van der Waals surface area contributed by atoms with Gasteiger partial charge < -0.3 is 10.1 Å². The molecule has 0 bridgehead atoms. The van der Waals surface area contributed by atoms with Crippen LogP contribution in [-0.2, 0) is 6.42 Å². The Morgan fingerprint density at radius 2 is 1.90 bits per heavy atom. The monoisotopic (exact) mass is 347 g/mol. The lowest BCUT2D eigenvalue weighted by Gasteiger charge is -2.16. The molecular formula is C18H22BrNO. The smallest absolute Gasteiger partial charge is 0.133 e. The standard InChI is InChI=1S/C18H22BrNO/c1-20-17(15-8-4-3-5-9-15)10-6-7-14-11-12-18(21-2)16(19)13-14/h3-5,8-9,11-13,17,20H,6-7,10H2,1-2H3. The lowest BCUT2D eigenvalue weighted by molar-refractivity contribution is 0.412. The maximum absolute atomic E-state index is 5.26. The van der Waals surface area contributed by atoms with Crippen molar-refractivity contribution in [3.05, 3.63) is 64.1 Å². The zero-order valence-electron chi connectivity index (χ0n) is 12.6. The molecule has 0 radical (unpaired) electrons. The maximum Gasteiger partial charge on any atom is 0.133 e. The van der Waals surface area contributed by atoms with Crippen molar-refractivity contribution in [1.29, 1.82) is 0 Å². The number of methoxy groups -OCH3 is 1. The van der Waals surface area contributed by atoms with Gasteiger partial charge in [0.15, 0.2) is 0 Å². The Bertz CT molecular complexity index is 556. The topological polar surface area (TPSA) is 21.3 Å². The van der Waals surface area contributed by atoms with Gasteiger partial charge in [0, 0.05) is 6.04 Å². The second-order valence-corrected chi connectivity index (χ2v) is 5.97. The number of rotatable bonds is 7. The molecule has 2 aromatic rings. The third-order valence-electron chi connectivity index (χ3n) is 3.72. The third kappa shape index (κ3) is 4.58. The zero-order valence-corrected chi connectivity index (χ0v) is 14.2. The SMILES string of the molecule is CNC(CCCc1ccc(OC)c(Br)c1)c1ccccc1. The predicted octanol–water partition coefficient (Wildman–Crippen LogP) is 4.74. The van der Waals surface area contributed by atoms with Crippen LogP contribution in [0.5, 0.6) is 5.75 Å². The van der Waals surface area contributed by atoms with Crippen LogP contribution in [0.15, 0.2) is 53.0 Å². The van der Waals surface area contributed by atoms with E-state index in [9.17, 15) is 0 Å². The zero-order chi connectivity index (χ0) is 15.1. The number of halogens is 1.